The van der Waals surface area contributed by atoms with Crippen LogP contribution in [-0.2, 0) is 0 Å². The minimum Gasteiger partial charge on any atom is -0.491 e. The molecule has 0 amide bonds. The number of hydrogen-bond donors (Lipinski definition) is 2. The van der Waals surface area contributed by atoms with Crippen molar-refractivity contribution in [2.75, 3.05) is 37.7 Å². The Kier molecular flexibility index (Phi) is 5.26. The number of rotatable bonds is 6. The molecule has 1 aromatic rings. The molecule has 2 rings (SSSR count). The molecule has 1 fully saturated rings. The summed E-state index contributed by atoms with van der Waals surface area (Å²) in [5.41, 5.74) is 0.525. The smallest absolute Gasteiger partial charge is 0.119 e. The maximum Gasteiger partial charge on any atom is 0.119 e. The second-order valence-corrected chi connectivity index (χ2v) is 5.45. The van der Waals surface area contributed by atoms with Crippen LogP contribution in [0.2, 0.25) is 0 Å². The number of nitrogens with one attached hydrogen (secondary N) is 1. The van der Waals surface area contributed by atoms with Crippen LogP contribution in [-0.4, -0.2) is 43.5 Å². The molecular weight excluding hydrogens is 252 g/mol. The van der Waals surface area contributed by atoms with E-state index in [-0.39, 0.29) is 0 Å². The van der Waals surface area contributed by atoms with Gasteiger partial charge in [-0.2, -0.15) is 0 Å². The molecule has 0 unspecified atom stereocenters. The van der Waals surface area contributed by atoms with Gasteiger partial charge in [0.2, 0.25) is 0 Å². The van der Waals surface area contributed by atoms with Crippen LogP contribution < -0.4 is 15.0 Å². The first kappa shape index (κ1) is 15.1. The van der Waals surface area contributed by atoms with Gasteiger partial charge in [0, 0.05) is 31.9 Å². The fraction of sp³-hybridized carbons (Fsp3) is 0.625. The predicted molar refractivity (Wildman–Crippen MR) is 82.6 cm³/mol. The molecule has 0 spiro atoms. The third-order valence-electron chi connectivity index (χ3n) is 4.14. The van der Waals surface area contributed by atoms with Crippen molar-refractivity contribution in [1.29, 1.82) is 0 Å². The summed E-state index contributed by atoms with van der Waals surface area (Å²) in [4.78, 5) is 2.37. The van der Waals surface area contributed by atoms with Crippen LogP contribution in [0.15, 0.2) is 24.3 Å². The van der Waals surface area contributed by atoms with Gasteiger partial charge < -0.3 is 20.1 Å². The zero-order valence-corrected chi connectivity index (χ0v) is 12.6. The number of benzene rings is 1. The first-order valence-corrected chi connectivity index (χ1v) is 7.58. The Morgan fingerprint density at radius 3 is 2.30 bits per heavy atom. The van der Waals surface area contributed by atoms with Crippen molar-refractivity contribution in [1.82, 2.24) is 5.32 Å². The monoisotopic (exact) mass is 278 g/mol. The zero-order chi connectivity index (χ0) is 14.4. The van der Waals surface area contributed by atoms with Gasteiger partial charge in [0.25, 0.3) is 0 Å². The number of anilines is 1. The Hall–Kier alpha value is -1.26. The van der Waals surface area contributed by atoms with E-state index in [9.17, 15) is 5.11 Å². The fourth-order valence-corrected chi connectivity index (χ4v) is 2.35. The van der Waals surface area contributed by atoms with Crippen molar-refractivity contribution in [2.45, 2.75) is 32.3 Å². The van der Waals surface area contributed by atoms with E-state index in [1.807, 2.05) is 26.0 Å². The summed E-state index contributed by atoms with van der Waals surface area (Å²) < 4.78 is 5.71. The highest BCUT2D eigenvalue weighted by Crippen LogP contribution is 2.22. The second-order valence-electron chi connectivity index (χ2n) is 5.45. The molecule has 0 aliphatic carbocycles. The number of hydrogen-bond acceptors (Lipinski definition) is 4. The molecule has 0 atom stereocenters. The highest BCUT2D eigenvalue weighted by atomic mass is 16.5. The van der Waals surface area contributed by atoms with Crippen LogP contribution in [0.3, 0.4) is 0 Å². The lowest BCUT2D eigenvalue weighted by Crippen LogP contribution is -2.43. The molecule has 2 N–H and O–H groups in total. The quantitative estimate of drug-likeness (QED) is 0.836. The average Bonchev–Trinajstić information content (AvgIpc) is 2.54. The summed E-state index contributed by atoms with van der Waals surface area (Å²) in [5.74, 6) is 0.823. The summed E-state index contributed by atoms with van der Waals surface area (Å²) in [6.45, 7) is 8.50. The summed E-state index contributed by atoms with van der Waals surface area (Å²) in [6.07, 6.45) is 1.42. The van der Waals surface area contributed by atoms with Gasteiger partial charge in [-0.3, -0.25) is 0 Å². The lowest BCUT2D eigenvalue weighted by molar-refractivity contribution is -0.0113. The third kappa shape index (κ3) is 3.87. The fourth-order valence-electron chi connectivity index (χ4n) is 2.35. The highest BCUT2D eigenvalue weighted by Gasteiger charge is 2.23. The van der Waals surface area contributed by atoms with E-state index in [0.29, 0.717) is 19.4 Å². The van der Waals surface area contributed by atoms with Crippen LogP contribution in [0, 0.1) is 0 Å². The molecule has 4 nitrogen and oxygen atoms in total. The van der Waals surface area contributed by atoms with E-state index in [2.05, 4.69) is 22.3 Å². The van der Waals surface area contributed by atoms with Crippen LogP contribution in [0.5, 0.6) is 5.75 Å². The van der Waals surface area contributed by atoms with Gasteiger partial charge in [-0.25, -0.2) is 0 Å². The van der Waals surface area contributed by atoms with Crippen LogP contribution in [0.1, 0.15) is 26.7 Å². The van der Waals surface area contributed by atoms with E-state index in [0.717, 1.165) is 31.9 Å². The minimum atomic E-state index is -0.711. The third-order valence-corrected chi connectivity index (χ3v) is 4.14. The number of piperazine rings is 1. The SMILES string of the molecule is CCC(O)(CC)COc1ccc(N2CCNCC2)cc1. The first-order valence-electron chi connectivity index (χ1n) is 7.58. The van der Waals surface area contributed by atoms with Crippen LogP contribution >= 0.6 is 0 Å². The van der Waals surface area contributed by atoms with E-state index in [4.69, 9.17) is 4.74 Å². The van der Waals surface area contributed by atoms with Crippen molar-refractivity contribution in [3.05, 3.63) is 24.3 Å². The van der Waals surface area contributed by atoms with Crippen LogP contribution in [0.25, 0.3) is 0 Å². The molecule has 0 saturated carbocycles. The zero-order valence-electron chi connectivity index (χ0n) is 12.6. The van der Waals surface area contributed by atoms with E-state index in [1.165, 1.54) is 5.69 Å². The molecule has 0 radical (unpaired) electrons. The summed E-state index contributed by atoms with van der Waals surface area (Å²) in [5, 5.41) is 13.6. The van der Waals surface area contributed by atoms with Gasteiger partial charge in [-0.05, 0) is 37.1 Å². The molecule has 20 heavy (non-hydrogen) atoms. The van der Waals surface area contributed by atoms with E-state index < -0.39 is 5.60 Å². The van der Waals surface area contributed by atoms with Gasteiger partial charge in [-0.1, -0.05) is 13.8 Å². The number of ether oxygens (including phenoxy) is 1. The van der Waals surface area contributed by atoms with E-state index in [1.54, 1.807) is 0 Å². The highest BCUT2D eigenvalue weighted by molar-refractivity contribution is 5.49. The second kappa shape index (κ2) is 6.95. The topological polar surface area (TPSA) is 44.7 Å². The van der Waals surface area contributed by atoms with Gasteiger partial charge in [0.15, 0.2) is 0 Å². The molecular formula is C16H26N2O2. The molecule has 0 aromatic heterocycles. The Balaban J connectivity index is 1.91. The number of nitrogens with zero attached hydrogens (tertiary/aromatic N) is 1. The van der Waals surface area contributed by atoms with Crippen molar-refractivity contribution in [2.24, 2.45) is 0 Å². The van der Waals surface area contributed by atoms with Gasteiger partial charge in [0.1, 0.15) is 12.4 Å². The molecule has 1 heterocycles. The molecule has 1 aliphatic rings. The molecule has 0 bridgehead atoms. The first-order chi connectivity index (χ1) is 9.67. The van der Waals surface area contributed by atoms with Crippen molar-refractivity contribution < 1.29 is 9.84 Å². The lowest BCUT2D eigenvalue weighted by atomic mass is 9.99. The standard InChI is InChI=1S/C16H26N2O2/c1-3-16(19,4-2)13-20-15-7-5-14(6-8-15)18-11-9-17-10-12-18/h5-8,17,19H,3-4,9-13H2,1-2H3. The summed E-state index contributed by atoms with van der Waals surface area (Å²) >= 11 is 0. The maximum atomic E-state index is 10.2. The van der Waals surface area contributed by atoms with Gasteiger partial charge in [-0.15, -0.1) is 0 Å². The predicted octanol–water partition coefficient (Wildman–Crippen LogP) is 2.03. The average molecular weight is 278 g/mol. The largest absolute Gasteiger partial charge is 0.491 e. The minimum absolute atomic E-state index is 0.354. The van der Waals surface area contributed by atoms with Gasteiger partial charge >= 0.3 is 0 Å². The Bertz CT molecular complexity index is 395. The van der Waals surface area contributed by atoms with Gasteiger partial charge in [0.05, 0.1) is 5.60 Å². The summed E-state index contributed by atoms with van der Waals surface area (Å²) in [7, 11) is 0. The molecule has 1 aliphatic heterocycles. The lowest BCUT2D eigenvalue weighted by Gasteiger charge is -2.29. The molecule has 112 valence electrons. The number of aliphatic hydroxyl groups is 1. The van der Waals surface area contributed by atoms with Crippen molar-refractivity contribution >= 4 is 5.69 Å². The van der Waals surface area contributed by atoms with Crippen molar-refractivity contribution in [3.8, 4) is 5.75 Å². The Morgan fingerprint density at radius 2 is 1.75 bits per heavy atom. The normalized spacial score (nSPS) is 16.2. The summed E-state index contributed by atoms with van der Waals surface area (Å²) in [6, 6.07) is 8.17. The van der Waals surface area contributed by atoms with Crippen LogP contribution in [0.4, 0.5) is 5.69 Å². The molecule has 1 saturated heterocycles. The Labute approximate surface area is 121 Å². The Morgan fingerprint density at radius 1 is 1.15 bits per heavy atom. The van der Waals surface area contributed by atoms with Crippen molar-refractivity contribution in [3.63, 3.8) is 0 Å². The maximum absolute atomic E-state index is 10.2. The molecule has 4 heteroatoms. The van der Waals surface area contributed by atoms with E-state index >= 15 is 0 Å². The molecule has 1 aromatic carbocycles.